The van der Waals surface area contributed by atoms with Crippen LogP contribution in [0.25, 0.3) is 22.5 Å². The van der Waals surface area contributed by atoms with Crippen LogP contribution in [0.4, 0.5) is 43.9 Å². The van der Waals surface area contributed by atoms with Crippen molar-refractivity contribution in [1.82, 2.24) is 20.4 Å². The van der Waals surface area contributed by atoms with Gasteiger partial charge in [0.05, 0.1) is 4.90 Å². The van der Waals surface area contributed by atoms with E-state index in [9.17, 15) is 65.5 Å². The Labute approximate surface area is 331 Å². The molecule has 0 aliphatic heterocycles. The molecule has 2 heterocycles. The maximum absolute atomic E-state index is 13.5. The van der Waals surface area contributed by atoms with E-state index >= 15 is 0 Å². The molecule has 0 atom stereocenters. The minimum absolute atomic E-state index is 0.117. The van der Waals surface area contributed by atoms with Crippen LogP contribution in [-0.2, 0) is 31.5 Å². The molecule has 6 aromatic rings. The largest absolute Gasteiger partial charge is 0.435 e. The fourth-order valence-corrected chi connectivity index (χ4v) is 6.09. The summed E-state index contributed by atoms with van der Waals surface area (Å²) in [5.74, 6) is -5.70. The Balaban J connectivity index is 0.000000219. The van der Waals surface area contributed by atoms with Crippen molar-refractivity contribution in [2.45, 2.75) is 36.0 Å². The van der Waals surface area contributed by atoms with Gasteiger partial charge in [-0.1, -0.05) is 35.4 Å². The molecule has 0 bridgehead atoms. The van der Waals surface area contributed by atoms with Crippen LogP contribution in [0.5, 0.6) is 5.75 Å². The first-order valence-corrected chi connectivity index (χ1v) is 19.5. The molecule has 0 spiro atoms. The topological polar surface area (TPSA) is 149 Å². The van der Waals surface area contributed by atoms with Gasteiger partial charge in [-0.3, -0.25) is 9.89 Å². The second kappa shape index (κ2) is 18.0. The summed E-state index contributed by atoms with van der Waals surface area (Å²) in [6.07, 6.45) is -9.68. The Hall–Kier alpha value is -5.87. The van der Waals surface area contributed by atoms with E-state index in [-0.39, 0.29) is 20.9 Å². The first-order valence-electron chi connectivity index (χ1n) is 15.8. The number of aryl methyl sites for hydroxylation is 2. The molecular weight excluding hydrogens is 874 g/mol. The molecule has 59 heavy (non-hydrogen) atoms. The summed E-state index contributed by atoms with van der Waals surface area (Å²) in [7, 11) is -3.01. The van der Waals surface area contributed by atoms with Crippen LogP contribution in [0.2, 0.25) is 0 Å². The molecule has 0 saturated heterocycles. The zero-order valence-corrected chi connectivity index (χ0v) is 31.9. The summed E-state index contributed by atoms with van der Waals surface area (Å²) in [6, 6.07) is 17.2. The third-order valence-corrected chi connectivity index (χ3v) is 9.97. The number of aromatic amines is 1. The fraction of sp³-hybridized carbons (Fsp3) is 0.111. The van der Waals surface area contributed by atoms with Crippen molar-refractivity contribution in [2.75, 3.05) is 0 Å². The van der Waals surface area contributed by atoms with Crippen molar-refractivity contribution in [3.63, 3.8) is 0 Å². The average Bonchev–Trinajstić information content (AvgIpc) is 3.13. The van der Waals surface area contributed by atoms with Crippen LogP contribution in [0.15, 0.2) is 112 Å². The first kappa shape index (κ1) is 45.8. The number of hydrogen-bond donors (Lipinski definition) is 1. The van der Waals surface area contributed by atoms with Crippen LogP contribution in [-0.4, -0.2) is 37.2 Å². The second-order valence-corrected chi connectivity index (χ2v) is 15.9. The predicted molar refractivity (Wildman–Crippen MR) is 191 cm³/mol. The molecule has 2 aromatic heterocycles. The second-order valence-electron chi connectivity index (χ2n) is 11.8. The summed E-state index contributed by atoms with van der Waals surface area (Å²) >= 11 is 0. The maximum Gasteiger partial charge on any atom is 0.435 e. The lowest BCUT2D eigenvalue weighted by molar-refractivity contribution is -0.142. The van der Waals surface area contributed by atoms with E-state index < -0.39 is 88.7 Å². The van der Waals surface area contributed by atoms with Gasteiger partial charge in [0.1, 0.15) is 22.0 Å². The van der Waals surface area contributed by atoms with Gasteiger partial charge in [-0.05, 0) is 74.5 Å². The van der Waals surface area contributed by atoms with E-state index in [1.807, 2.05) is 6.92 Å². The van der Waals surface area contributed by atoms with Gasteiger partial charge in [0.2, 0.25) is 5.43 Å². The summed E-state index contributed by atoms with van der Waals surface area (Å²) in [5.41, 5.74) is -3.39. The number of H-pyrrole nitrogens is 1. The molecule has 10 nitrogen and oxygen atoms in total. The lowest BCUT2D eigenvalue weighted by atomic mass is 10.1. The highest BCUT2D eigenvalue weighted by Gasteiger charge is 2.35. The Morgan fingerprint density at radius 3 is 1.49 bits per heavy atom. The number of aromatic nitrogens is 4. The van der Waals surface area contributed by atoms with Gasteiger partial charge >= 0.3 is 22.5 Å². The number of alkyl halides is 6. The van der Waals surface area contributed by atoms with Crippen molar-refractivity contribution in [3.05, 3.63) is 153 Å². The Bertz CT molecular complexity index is 2750. The van der Waals surface area contributed by atoms with E-state index in [1.54, 1.807) is 24.2 Å². The number of nitrogens with zero attached hydrogens (tertiary/aromatic N) is 3. The molecule has 0 radical (unpaired) electrons. The van der Waals surface area contributed by atoms with E-state index in [4.69, 9.17) is 14.9 Å². The lowest BCUT2D eigenvalue weighted by Gasteiger charge is -2.13. The van der Waals surface area contributed by atoms with Crippen molar-refractivity contribution in [1.29, 1.82) is 0 Å². The SMILES string of the molecule is Cc1ccc(S(=O)(=O)Cl)cc1.Cc1ccc(S(=O)(=O)Oc2cc(C(F)(F)F)nnc2-c2ccc(F)c(F)c2)cc1.O=c1cc(C(F)(F)F)[nH]nc1-c1ccc(F)c(F)c1. The first-order chi connectivity index (χ1) is 27.3. The van der Waals surface area contributed by atoms with Gasteiger partial charge in [0, 0.05) is 33.9 Å². The molecule has 0 aliphatic carbocycles. The normalized spacial score (nSPS) is 11.8. The van der Waals surface area contributed by atoms with E-state index in [0.717, 1.165) is 29.3 Å². The zero-order chi connectivity index (χ0) is 44.1. The molecule has 0 saturated carbocycles. The number of hydrogen-bond acceptors (Lipinski definition) is 9. The van der Waals surface area contributed by atoms with Crippen LogP contribution in [0.1, 0.15) is 22.5 Å². The quantitative estimate of drug-likeness (QED) is 0.0982. The molecule has 0 aliphatic rings. The monoisotopic (exact) mass is 896 g/mol. The Kier molecular flexibility index (Phi) is 13.9. The molecule has 6 rings (SSSR count). The van der Waals surface area contributed by atoms with E-state index in [2.05, 4.69) is 15.3 Å². The number of benzene rings is 4. The van der Waals surface area contributed by atoms with Crippen LogP contribution < -0.4 is 9.61 Å². The molecule has 4 aromatic carbocycles. The van der Waals surface area contributed by atoms with Crippen molar-refractivity contribution in [2.24, 2.45) is 0 Å². The van der Waals surface area contributed by atoms with Crippen LogP contribution in [0, 0.1) is 37.1 Å². The summed E-state index contributed by atoms with van der Waals surface area (Å²) in [5, 5.41) is 11.2. The van der Waals surface area contributed by atoms with Crippen molar-refractivity contribution < 1.29 is 64.9 Å². The van der Waals surface area contributed by atoms with Crippen LogP contribution >= 0.6 is 10.7 Å². The van der Waals surface area contributed by atoms with Gasteiger partial charge in [0.15, 0.2) is 34.7 Å². The average molecular weight is 897 g/mol. The fourth-order valence-electron chi connectivity index (χ4n) is 4.39. The van der Waals surface area contributed by atoms with E-state index in [1.165, 1.54) is 36.4 Å². The summed E-state index contributed by atoms with van der Waals surface area (Å²) in [4.78, 5) is 11.3. The maximum atomic E-state index is 13.5. The number of nitrogens with one attached hydrogen (secondary N) is 1. The molecular formula is C36H23ClF10N4O6S2. The molecule has 0 fully saturated rings. The van der Waals surface area contributed by atoms with Gasteiger partial charge in [0.25, 0.3) is 9.05 Å². The standard InChI is InChI=1S/C18H11F5N2O3S.C11H5F5N2O.C7H7ClO2S/c1-10-2-5-12(6-3-10)29(26,27)28-15-9-16(18(21,22)23)24-25-17(15)11-4-7-13(19)14(20)8-11;12-6-2-1-5(3-7(6)13)10-8(19)4-9(17-18-10)11(14,15)16;1-6-2-4-7(5-3-6)11(8,9)10/h2-9H,1H3;1-4H,(H,17,19);2-5H,1H3. The Morgan fingerprint density at radius 1 is 0.593 bits per heavy atom. The zero-order valence-electron chi connectivity index (χ0n) is 29.5. The molecule has 0 unspecified atom stereocenters. The number of rotatable bonds is 6. The Morgan fingerprint density at radius 2 is 1.07 bits per heavy atom. The third-order valence-electron chi connectivity index (χ3n) is 7.35. The lowest BCUT2D eigenvalue weighted by Crippen LogP contribution is -2.17. The minimum atomic E-state index is -4.94. The van der Waals surface area contributed by atoms with Crippen molar-refractivity contribution in [3.8, 4) is 28.3 Å². The minimum Gasteiger partial charge on any atom is -0.376 e. The van der Waals surface area contributed by atoms with Gasteiger partial charge in [-0.2, -0.15) is 39.9 Å². The highest BCUT2D eigenvalue weighted by atomic mass is 35.7. The smallest absolute Gasteiger partial charge is 0.376 e. The van der Waals surface area contributed by atoms with E-state index in [0.29, 0.717) is 30.3 Å². The predicted octanol–water partition coefficient (Wildman–Crippen LogP) is 9.17. The van der Waals surface area contributed by atoms with Crippen LogP contribution in [0.3, 0.4) is 0 Å². The third kappa shape index (κ3) is 12.3. The van der Waals surface area contributed by atoms with Gasteiger partial charge in [-0.15, -0.1) is 10.2 Å². The molecule has 0 amide bonds. The molecule has 1 N–H and O–H groups in total. The highest BCUT2D eigenvalue weighted by Crippen LogP contribution is 2.36. The van der Waals surface area contributed by atoms with Gasteiger partial charge in [-0.25, -0.2) is 26.0 Å². The van der Waals surface area contributed by atoms with Crippen molar-refractivity contribution >= 4 is 29.9 Å². The molecule has 23 heteroatoms. The molecule has 312 valence electrons. The summed E-state index contributed by atoms with van der Waals surface area (Å²) in [6.45, 7) is 3.59. The summed E-state index contributed by atoms with van der Waals surface area (Å²) < 4.78 is 180. The number of halogens is 11. The highest BCUT2D eigenvalue weighted by molar-refractivity contribution is 8.13. The van der Waals surface area contributed by atoms with Gasteiger partial charge < -0.3 is 4.18 Å².